The minimum atomic E-state index is -0.785. The Morgan fingerprint density at radius 1 is 1.00 bits per heavy atom. The Balaban J connectivity index is 1.59. The summed E-state index contributed by atoms with van der Waals surface area (Å²) >= 11 is 1.56. The summed E-state index contributed by atoms with van der Waals surface area (Å²) in [4.78, 5) is 31.4. The Labute approximate surface area is 195 Å². The van der Waals surface area contributed by atoms with E-state index in [1.165, 1.54) is 14.2 Å². The van der Waals surface area contributed by atoms with E-state index in [1.807, 2.05) is 43.3 Å². The third-order valence-electron chi connectivity index (χ3n) is 5.02. The molecule has 0 unspecified atom stereocenters. The van der Waals surface area contributed by atoms with E-state index in [2.05, 4.69) is 4.98 Å². The van der Waals surface area contributed by atoms with Gasteiger partial charge in [-0.05, 0) is 42.8 Å². The second kappa shape index (κ2) is 9.70. The highest BCUT2D eigenvalue weighted by molar-refractivity contribution is 7.18. The molecule has 168 valence electrons. The standard InChI is InChI=1S/C25H22N2O5S/c1-16-8-4-6-10-20(16)27(25(29)31-3)24(28)18-13-12-17(14-21(18)30-2)32-15-23-26-19-9-5-7-11-22(19)33-23/h4-14H,15H2,1-3H3. The molecule has 4 rings (SSSR count). The Hall–Kier alpha value is -3.91. The monoisotopic (exact) mass is 462 g/mol. The average molecular weight is 463 g/mol. The van der Waals surface area contributed by atoms with Gasteiger partial charge in [-0.25, -0.2) is 14.7 Å². The first kappa shape index (κ1) is 22.3. The number of amides is 2. The summed E-state index contributed by atoms with van der Waals surface area (Å²) in [6, 6.07) is 19.8. The van der Waals surface area contributed by atoms with Gasteiger partial charge in [0.25, 0.3) is 5.91 Å². The number of anilines is 1. The Morgan fingerprint density at radius 2 is 1.76 bits per heavy atom. The molecule has 1 aromatic heterocycles. The van der Waals surface area contributed by atoms with Crippen molar-refractivity contribution in [1.29, 1.82) is 0 Å². The van der Waals surface area contributed by atoms with Gasteiger partial charge in [-0.1, -0.05) is 30.3 Å². The minimum Gasteiger partial charge on any atom is -0.496 e. The number of carbonyl (C=O) groups excluding carboxylic acids is 2. The van der Waals surface area contributed by atoms with Gasteiger partial charge in [-0.3, -0.25) is 4.79 Å². The SMILES string of the molecule is COC(=O)N(C(=O)c1ccc(OCc2nc3ccccc3s2)cc1OC)c1ccccc1C. The molecule has 0 saturated carbocycles. The molecule has 2 amide bonds. The molecule has 0 spiro atoms. The average Bonchev–Trinajstić information content (AvgIpc) is 3.26. The number of aromatic nitrogens is 1. The summed E-state index contributed by atoms with van der Waals surface area (Å²) in [5, 5.41) is 0.840. The number of benzene rings is 3. The second-order valence-corrected chi connectivity index (χ2v) is 8.24. The van der Waals surface area contributed by atoms with E-state index in [-0.39, 0.29) is 17.9 Å². The van der Waals surface area contributed by atoms with Crippen LogP contribution in [0, 0.1) is 6.92 Å². The number of hydrogen-bond acceptors (Lipinski definition) is 7. The van der Waals surface area contributed by atoms with E-state index in [4.69, 9.17) is 14.2 Å². The van der Waals surface area contributed by atoms with E-state index < -0.39 is 12.0 Å². The Bertz CT molecular complexity index is 1280. The third-order valence-corrected chi connectivity index (χ3v) is 6.03. The zero-order valence-corrected chi connectivity index (χ0v) is 19.2. The van der Waals surface area contributed by atoms with Crippen LogP contribution >= 0.6 is 11.3 Å². The number of ether oxygens (including phenoxy) is 3. The Morgan fingerprint density at radius 3 is 2.48 bits per heavy atom. The van der Waals surface area contributed by atoms with E-state index in [0.29, 0.717) is 11.4 Å². The molecular weight excluding hydrogens is 440 g/mol. The highest BCUT2D eigenvalue weighted by atomic mass is 32.1. The maximum absolute atomic E-state index is 13.4. The molecule has 0 atom stereocenters. The number of thiazole rings is 1. The van der Waals surface area contributed by atoms with Crippen molar-refractivity contribution < 1.29 is 23.8 Å². The largest absolute Gasteiger partial charge is 0.496 e. The maximum atomic E-state index is 13.4. The quantitative estimate of drug-likeness (QED) is 0.371. The van der Waals surface area contributed by atoms with Gasteiger partial charge in [0.2, 0.25) is 0 Å². The van der Waals surface area contributed by atoms with E-state index in [1.54, 1.807) is 41.7 Å². The van der Waals surface area contributed by atoms with Crippen molar-refractivity contribution in [3.05, 3.63) is 82.9 Å². The molecule has 0 aliphatic heterocycles. The molecule has 0 fully saturated rings. The molecule has 3 aromatic carbocycles. The first-order valence-corrected chi connectivity index (χ1v) is 11.0. The highest BCUT2D eigenvalue weighted by Crippen LogP contribution is 2.30. The lowest BCUT2D eigenvalue weighted by Crippen LogP contribution is -2.37. The summed E-state index contributed by atoms with van der Waals surface area (Å²) in [6.07, 6.45) is -0.785. The van der Waals surface area contributed by atoms with E-state index in [0.717, 1.165) is 25.7 Å². The lowest BCUT2D eigenvalue weighted by Gasteiger charge is -2.22. The van der Waals surface area contributed by atoms with Crippen LogP contribution in [0.2, 0.25) is 0 Å². The van der Waals surface area contributed by atoms with Gasteiger partial charge in [-0.2, -0.15) is 0 Å². The molecule has 0 bridgehead atoms. The predicted octanol–water partition coefficient (Wildman–Crippen LogP) is 5.61. The van der Waals surface area contributed by atoms with Crippen molar-refractivity contribution in [3.8, 4) is 11.5 Å². The molecule has 1 heterocycles. The van der Waals surface area contributed by atoms with Crippen LogP contribution < -0.4 is 14.4 Å². The van der Waals surface area contributed by atoms with Gasteiger partial charge < -0.3 is 14.2 Å². The summed E-state index contributed by atoms with van der Waals surface area (Å²) in [5.74, 6) is 0.234. The maximum Gasteiger partial charge on any atom is 0.421 e. The number of rotatable bonds is 6. The van der Waals surface area contributed by atoms with E-state index >= 15 is 0 Å². The second-order valence-electron chi connectivity index (χ2n) is 7.12. The number of carbonyl (C=O) groups is 2. The number of fused-ring (bicyclic) bond motifs is 1. The number of hydrogen-bond donors (Lipinski definition) is 0. The summed E-state index contributed by atoms with van der Waals surface area (Å²) < 4.78 is 17.3. The molecule has 7 nitrogen and oxygen atoms in total. The van der Waals surface area contributed by atoms with Crippen molar-refractivity contribution in [1.82, 2.24) is 4.98 Å². The first-order valence-electron chi connectivity index (χ1n) is 10.1. The zero-order valence-electron chi connectivity index (χ0n) is 18.4. The number of para-hydroxylation sites is 2. The fourth-order valence-corrected chi connectivity index (χ4v) is 4.26. The van der Waals surface area contributed by atoms with Gasteiger partial charge in [0.15, 0.2) is 0 Å². The molecule has 0 saturated heterocycles. The number of nitrogens with zero attached hydrogens (tertiary/aromatic N) is 2. The summed E-state index contributed by atoms with van der Waals surface area (Å²) in [6.45, 7) is 2.10. The lowest BCUT2D eigenvalue weighted by atomic mass is 10.1. The highest BCUT2D eigenvalue weighted by Gasteiger charge is 2.29. The summed E-state index contributed by atoms with van der Waals surface area (Å²) in [5.41, 5.74) is 2.33. The van der Waals surface area contributed by atoms with Crippen molar-refractivity contribution >= 4 is 39.2 Å². The van der Waals surface area contributed by atoms with Crippen LogP contribution in [-0.2, 0) is 11.3 Å². The normalized spacial score (nSPS) is 10.6. The number of methoxy groups -OCH3 is 2. The van der Waals surface area contributed by atoms with Gasteiger partial charge in [0.05, 0.1) is 35.7 Å². The van der Waals surface area contributed by atoms with Crippen LogP contribution in [0.15, 0.2) is 66.7 Å². The van der Waals surface area contributed by atoms with Gasteiger partial charge in [-0.15, -0.1) is 11.3 Å². The van der Waals surface area contributed by atoms with Crippen LogP contribution in [0.4, 0.5) is 10.5 Å². The molecule has 0 aliphatic rings. The summed E-state index contributed by atoms with van der Waals surface area (Å²) in [7, 11) is 2.69. The lowest BCUT2D eigenvalue weighted by molar-refractivity contribution is 0.0972. The van der Waals surface area contributed by atoms with Crippen LogP contribution in [0.3, 0.4) is 0 Å². The molecule has 33 heavy (non-hydrogen) atoms. The van der Waals surface area contributed by atoms with Crippen LogP contribution in [0.25, 0.3) is 10.2 Å². The Kier molecular flexibility index (Phi) is 6.55. The zero-order chi connectivity index (χ0) is 23.4. The van der Waals surface area contributed by atoms with Crippen LogP contribution in [0.5, 0.6) is 11.5 Å². The van der Waals surface area contributed by atoms with Crippen LogP contribution in [-0.4, -0.2) is 31.2 Å². The van der Waals surface area contributed by atoms with Gasteiger partial charge >= 0.3 is 6.09 Å². The van der Waals surface area contributed by atoms with Crippen molar-refractivity contribution in [2.75, 3.05) is 19.1 Å². The molecule has 4 aromatic rings. The van der Waals surface area contributed by atoms with Gasteiger partial charge in [0, 0.05) is 6.07 Å². The van der Waals surface area contributed by atoms with Crippen molar-refractivity contribution in [2.45, 2.75) is 13.5 Å². The fraction of sp³-hybridized carbons (Fsp3) is 0.160. The number of imide groups is 1. The molecule has 0 aliphatic carbocycles. The topological polar surface area (TPSA) is 78.0 Å². The van der Waals surface area contributed by atoms with E-state index in [9.17, 15) is 9.59 Å². The first-order chi connectivity index (χ1) is 16.0. The fourth-order valence-electron chi connectivity index (χ4n) is 3.38. The van der Waals surface area contributed by atoms with Crippen molar-refractivity contribution in [2.24, 2.45) is 0 Å². The smallest absolute Gasteiger partial charge is 0.421 e. The molecular formula is C25H22N2O5S. The number of aryl methyl sites for hydroxylation is 1. The van der Waals surface area contributed by atoms with Crippen molar-refractivity contribution in [3.63, 3.8) is 0 Å². The van der Waals surface area contributed by atoms with Crippen LogP contribution in [0.1, 0.15) is 20.9 Å². The molecule has 0 N–H and O–H groups in total. The molecule has 8 heteroatoms. The third kappa shape index (κ3) is 4.65. The van der Waals surface area contributed by atoms with Gasteiger partial charge in [0.1, 0.15) is 23.1 Å². The minimum absolute atomic E-state index is 0.207. The predicted molar refractivity (Wildman–Crippen MR) is 127 cm³/mol. The molecule has 0 radical (unpaired) electrons.